The van der Waals surface area contributed by atoms with E-state index in [9.17, 15) is 14.7 Å². The van der Waals surface area contributed by atoms with E-state index in [1.54, 1.807) is 13.0 Å². The highest BCUT2D eigenvalue weighted by Crippen LogP contribution is 2.12. The highest BCUT2D eigenvalue weighted by Gasteiger charge is 2.22. The molecule has 1 heterocycles. The minimum absolute atomic E-state index is 0.132. The standard InChI is InChI=1S/C14H22N2O4/c1-4-14(19,5-2)9-16-12(17)8-15-13(18)11-6-7-20-10(11)3/h6-7,19H,4-5,8-9H2,1-3H3,(H,15,18)(H,16,17). The van der Waals surface area contributed by atoms with Gasteiger partial charge >= 0.3 is 0 Å². The van der Waals surface area contributed by atoms with Crippen molar-refractivity contribution in [1.29, 1.82) is 0 Å². The molecular formula is C14H22N2O4. The monoisotopic (exact) mass is 282 g/mol. The number of carbonyl (C=O) groups excluding carboxylic acids is 2. The fourth-order valence-electron chi connectivity index (χ4n) is 1.70. The van der Waals surface area contributed by atoms with Crippen LogP contribution in [0.2, 0.25) is 0 Å². The van der Waals surface area contributed by atoms with Crippen LogP contribution in [0.25, 0.3) is 0 Å². The van der Waals surface area contributed by atoms with Gasteiger partial charge in [-0.3, -0.25) is 9.59 Å². The third-order valence-electron chi connectivity index (χ3n) is 3.44. The molecule has 3 N–H and O–H groups in total. The Kier molecular flexibility index (Phi) is 5.76. The zero-order chi connectivity index (χ0) is 15.2. The molecule has 6 nitrogen and oxygen atoms in total. The van der Waals surface area contributed by atoms with E-state index in [1.807, 2.05) is 13.8 Å². The van der Waals surface area contributed by atoms with Gasteiger partial charge in [-0.1, -0.05) is 13.8 Å². The van der Waals surface area contributed by atoms with Gasteiger partial charge in [0.2, 0.25) is 5.91 Å². The van der Waals surface area contributed by atoms with Crippen LogP contribution in [0.4, 0.5) is 0 Å². The van der Waals surface area contributed by atoms with E-state index in [1.165, 1.54) is 6.26 Å². The Morgan fingerprint density at radius 2 is 1.95 bits per heavy atom. The maximum Gasteiger partial charge on any atom is 0.255 e. The number of aliphatic hydroxyl groups is 1. The highest BCUT2D eigenvalue weighted by atomic mass is 16.3. The number of carbonyl (C=O) groups is 2. The molecule has 6 heteroatoms. The molecule has 0 spiro atoms. The van der Waals surface area contributed by atoms with E-state index in [4.69, 9.17) is 4.42 Å². The smallest absolute Gasteiger partial charge is 0.255 e. The number of nitrogens with one attached hydrogen (secondary N) is 2. The van der Waals surface area contributed by atoms with E-state index in [0.29, 0.717) is 24.2 Å². The fourth-order valence-corrected chi connectivity index (χ4v) is 1.70. The Morgan fingerprint density at radius 1 is 1.30 bits per heavy atom. The number of aryl methyl sites for hydroxylation is 1. The summed E-state index contributed by atoms with van der Waals surface area (Å²) >= 11 is 0. The second kappa shape index (κ2) is 7.09. The molecule has 2 amide bonds. The van der Waals surface area contributed by atoms with Crippen LogP contribution in [0.1, 0.15) is 42.8 Å². The van der Waals surface area contributed by atoms with E-state index < -0.39 is 5.60 Å². The Balaban J connectivity index is 2.37. The van der Waals surface area contributed by atoms with Crippen molar-refractivity contribution in [3.8, 4) is 0 Å². The zero-order valence-corrected chi connectivity index (χ0v) is 12.2. The third-order valence-corrected chi connectivity index (χ3v) is 3.44. The number of amides is 2. The van der Waals surface area contributed by atoms with Gasteiger partial charge < -0.3 is 20.2 Å². The first-order valence-electron chi connectivity index (χ1n) is 6.73. The van der Waals surface area contributed by atoms with Crippen LogP contribution in [0, 0.1) is 6.92 Å². The summed E-state index contributed by atoms with van der Waals surface area (Å²) in [5.41, 5.74) is -0.475. The van der Waals surface area contributed by atoms with Crippen LogP contribution in [-0.2, 0) is 4.79 Å². The zero-order valence-electron chi connectivity index (χ0n) is 12.2. The molecule has 0 atom stereocenters. The van der Waals surface area contributed by atoms with Crippen LogP contribution >= 0.6 is 0 Å². The molecule has 20 heavy (non-hydrogen) atoms. The van der Waals surface area contributed by atoms with Crippen molar-refractivity contribution in [2.75, 3.05) is 13.1 Å². The van der Waals surface area contributed by atoms with Crippen molar-refractivity contribution in [2.45, 2.75) is 39.2 Å². The van der Waals surface area contributed by atoms with Crippen LogP contribution in [0.3, 0.4) is 0 Å². The average Bonchev–Trinajstić information content (AvgIpc) is 2.88. The van der Waals surface area contributed by atoms with Gasteiger partial charge in [0, 0.05) is 6.54 Å². The van der Waals surface area contributed by atoms with E-state index in [-0.39, 0.29) is 24.9 Å². The molecule has 112 valence electrons. The lowest BCUT2D eigenvalue weighted by Crippen LogP contribution is -2.45. The summed E-state index contributed by atoms with van der Waals surface area (Å²) in [5, 5.41) is 15.1. The minimum Gasteiger partial charge on any atom is -0.469 e. The number of hydrogen-bond acceptors (Lipinski definition) is 4. The lowest BCUT2D eigenvalue weighted by molar-refractivity contribution is -0.121. The minimum atomic E-state index is -0.888. The van der Waals surface area contributed by atoms with Crippen molar-refractivity contribution in [1.82, 2.24) is 10.6 Å². The van der Waals surface area contributed by atoms with Crippen molar-refractivity contribution in [3.63, 3.8) is 0 Å². The molecule has 0 aliphatic heterocycles. The van der Waals surface area contributed by atoms with Gasteiger partial charge in [-0.15, -0.1) is 0 Å². The predicted molar refractivity (Wildman–Crippen MR) is 74.3 cm³/mol. The molecule has 0 bridgehead atoms. The SMILES string of the molecule is CCC(O)(CC)CNC(=O)CNC(=O)c1ccoc1C. The molecule has 0 aliphatic rings. The maximum atomic E-state index is 11.7. The van der Waals surface area contributed by atoms with E-state index >= 15 is 0 Å². The largest absolute Gasteiger partial charge is 0.469 e. The first kappa shape index (κ1) is 16.2. The number of hydrogen-bond donors (Lipinski definition) is 3. The van der Waals surface area contributed by atoms with Crippen molar-refractivity contribution in [3.05, 3.63) is 23.7 Å². The molecule has 0 aromatic carbocycles. The topological polar surface area (TPSA) is 91.6 Å². The predicted octanol–water partition coefficient (Wildman–Crippen LogP) is 0.985. The molecule has 0 saturated heterocycles. The summed E-state index contributed by atoms with van der Waals surface area (Å²) < 4.78 is 5.02. The molecule has 0 radical (unpaired) electrons. The average molecular weight is 282 g/mol. The lowest BCUT2D eigenvalue weighted by atomic mass is 9.98. The van der Waals surface area contributed by atoms with Gasteiger partial charge in [-0.25, -0.2) is 0 Å². The Labute approximate surface area is 118 Å². The van der Waals surface area contributed by atoms with Gasteiger partial charge in [0.1, 0.15) is 5.76 Å². The van der Waals surface area contributed by atoms with Crippen LogP contribution in [0.5, 0.6) is 0 Å². The third kappa shape index (κ3) is 4.38. The van der Waals surface area contributed by atoms with Gasteiger partial charge in [-0.2, -0.15) is 0 Å². The highest BCUT2D eigenvalue weighted by molar-refractivity contribution is 5.97. The Morgan fingerprint density at radius 3 is 2.45 bits per heavy atom. The first-order chi connectivity index (χ1) is 9.41. The summed E-state index contributed by atoms with van der Waals surface area (Å²) in [6.07, 6.45) is 2.54. The molecular weight excluding hydrogens is 260 g/mol. The molecule has 0 unspecified atom stereocenters. The summed E-state index contributed by atoms with van der Waals surface area (Å²) in [6.45, 7) is 5.45. The quantitative estimate of drug-likeness (QED) is 0.695. The molecule has 0 saturated carbocycles. The van der Waals surface area contributed by atoms with Crippen LogP contribution in [0.15, 0.2) is 16.7 Å². The summed E-state index contributed by atoms with van der Waals surface area (Å²) in [4.78, 5) is 23.4. The van der Waals surface area contributed by atoms with Crippen molar-refractivity contribution >= 4 is 11.8 Å². The number of furan rings is 1. The first-order valence-corrected chi connectivity index (χ1v) is 6.73. The van der Waals surface area contributed by atoms with Crippen LogP contribution < -0.4 is 10.6 Å². The molecule has 1 aromatic heterocycles. The Bertz CT molecular complexity index is 463. The second-order valence-corrected chi connectivity index (χ2v) is 4.78. The molecule has 0 aliphatic carbocycles. The second-order valence-electron chi connectivity index (χ2n) is 4.78. The molecule has 1 aromatic rings. The maximum absolute atomic E-state index is 11.7. The van der Waals surface area contributed by atoms with Gasteiger partial charge in [0.05, 0.1) is 24.0 Å². The van der Waals surface area contributed by atoms with Crippen molar-refractivity contribution in [2.24, 2.45) is 0 Å². The molecule has 0 fully saturated rings. The van der Waals surface area contributed by atoms with E-state index in [0.717, 1.165) is 0 Å². The van der Waals surface area contributed by atoms with Gasteiger partial charge in [0.25, 0.3) is 5.91 Å². The van der Waals surface area contributed by atoms with Gasteiger partial charge in [-0.05, 0) is 25.8 Å². The lowest BCUT2D eigenvalue weighted by Gasteiger charge is -2.25. The normalized spacial score (nSPS) is 11.2. The number of rotatable bonds is 7. The molecule has 1 rings (SSSR count). The summed E-state index contributed by atoms with van der Waals surface area (Å²) in [7, 11) is 0. The van der Waals surface area contributed by atoms with Crippen LogP contribution in [-0.4, -0.2) is 35.6 Å². The fraction of sp³-hybridized carbons (Fsp3) is 0.571. The van der Waals surface area contributed by atoms with Gasteiger partial charge in [0.15, 0.2) is 0 Å². The Hall–Kier alpha value is -1.82. The summed E-state index contributed by atoms with van der Waals surface area (Å²) in [5.74, 6) is -0.179. The van der Waals surface area contributed by atoms with E-state index in [2.05, 4.69) is 10.6 Å². The van der Waals surface area contributed by atoms with Crippen molar-refractivity contribution < 1.29 is 19.1 Å². The summed E-state index contributed by atoms with van der Waals surface area (Å²) in [6, 6.07) is 1.55.